The zero-order valence-corrected chi connectivity index (χ0v) is 11.6. The molecule has 0 radical (unpaired) electrons. The standard InChI is InChI=1S/C13H16N2O3S/c1-18-11-5-6-15-10(8-11)9-14-13(15)12-4-2-3-7-19(12,16)17/h5-6,8-9,12H,2-4,7H2,1H3. The van der Waals surface area contributed by atoms with Crippen LogP contribution in [-0.4, -0.2) is 30.7 Å². The quantitative estimate of drug-likeness (QED) is 0.844. The number of imidazole rings is 1. The van der Waals surface area contributed by atoms with Gasteiger partial charge in [-0.05, 0) is 18.9 Å². The summed E-state index contributed by atoms with van der Waals surface area (Å²) < 4.78 is 31.3. The first-order valence-electron chi connectivity index (χ1n) is 6.34. The molecule has 1 fully saturated rings. The fourth-order valence-electron chi connectivity index (χ4n) is 2.61. The topological polar surface area (TPSA) is 60.7 Å². The predicted octanol–water partition coefficient (Wildman–Crippen LogP) is 1.98. The van der Waals surface area contributed by atoms with Gasteiger partial charge in [0.05, 0.1) is 24.6 Å². The average Bonchev–Trinajstić information content (AvgIpc) is 2.81. The van der Waals surface area contributed by atoms with Crippen molar-refractivity contribution in [3.8, 4) is 5.75 Å². The second-order valence-electron chi connectivity index (χ2n) is 4.83. The lowest BCUT2D eigenvalue weighted by Crippen LogP contribution is -2.23. The maximum atomic E-state index is 12.2. The van der Waals surface area contributed by atoms with Gasteiger partial charge in [0, 0.05) is 12.3 Å². The SMILES string of the molecule is COc1ccn2c(C3CCCCS3(=O)=O)ncc2c1. The molecule has 3 rings (SSSR count). The van der Waals surface area contributed by atoms with Crippen LogP contribution in [-0.2, 0) is 9.84 Å². The summed E-state index contributed by atoms with van der Waals surface area (Å²) in [5, 5.41) is -0.475. The molecule has 1 aliphatic heterocycles. The van der Waals surface area contributed by atoms with Crippen LogP contribution in [0.4, 0.5) is 0 Å². The molecular weight excluding hydrogens is 264 g/mol. The maximum Gasteiger partial charge on any atom is 0.160 e. The van der Waals surface area contributed by atoms with Crippen LogP contribution >= 0.6 is 0 Å². The van der Waals surface area contributed by atoms with Gasteiger partial charge in [-0.3, -0.25) is 0 Å². The lowest BCUT2D eigenvalue weighted by Gasteiger charge is -2.21. The van der Waals surface area contributed by atoms with Gasteiger partial charge < -0.3 is 9.14 Å². The molecule has 0 N–H and O–H groups in total. The number of pyridine rings is 1. The first kappa shape index (κ1) is 12.5. The maximum absolute atomic E-state index is 12.2. The summed E-state index contributed by atoms with van der Waals surface area (Å²) in [7, 11) is -1.46. The molecule has 0 saturated carbocycles. The summed E-state index contributed by atoms with van der Waals surface area (Å²) in [5.74, 6) is 1.63. The molecule has 0 aromatic carbocycles. The normalized spacial score (nSPS) is 22.5. The highest BCUT2D eigenvalue weighted by Crippen LogP contribution is 2.33. The monoisotopic (exact) mass is 280 g/mol. The van der Waals surface area contributed by atoms with E-state index in [-0.39, 0.29) is 5.75 Å². The lowest BCUT2D eigenvalue weighted by atomic mass is 10.2. The zero-order chi connectivity index (χ0) is 13.5. The Kier molecular flexibility index (Phi) is 2.97. The number of sulfone groups is 1. The second kappa shape index (κ2) is 4.52. The van der Waals surface area contributed by atoms with Gasteiger partial charge in [-0.1, -0.05) is 6.42 Å². The summed E-state index contributed by atoms with van der Waals surface area (Å²) in [6.45, 7) is 0. The molecular formula is C13H16N2O3S. The van der Waals surface area contributed by atoms with Gasteiger partial charge in [-0.15, -0.1) is 0 Å². The minimum absolute atomic E-state index is 0.267. The van der Waals surface area contributed by atoms with Gasteiger partial charge in [-0.2, -0.15) is 0 Å². The minimum atomic E-state index is -3.07. The minimum Gasteiger partial charge on any atom is -0.497 e. The van der Waals surface area contributed by atoms with Crippen LogP contribution < -0.4 is 4.74 Å². The van der Waals surface area contributed by atoms with Gasteiger partial charge in [-0.25, -0.2) is 13.4 Å². The zero-order valence-electron chi connectivity index (χ0n) is 10.7. The fraction of sp³-hybridized carbons (Fsp3) is 0.462. The van der Waals surface area contributed by atoms with Gasteiger partial charge in [0.15, 0.2) is 9.84 Å². The Morgan fingerprint density at radius 3 is 3.00 bits per heavy atom. The van der Waals surface area contributed by atoms with Crippen LogP contribution in [0.1, 0.15) is 30.3 Å². The Balaban J connectivity index is 2.10. The molecule has 2 aromatic rings. The Bertz CT molecular complexity index is 706. The molecule has 2 aromatic heterocycles. The molecule has 5 nitrogen and oxygen atoms in total. The molecule has 1 atom stereocenters. The molecule has 0 bridgehead atoms. The first-order chi connectivity index (χ1) is 9.12. The van der Waals surface area contributed by atoms with Crippen molar-refractivity contribution in [1.82, 2.24) is 9.38 Å². The molecule has 3 heterocycles. The van der Waals surface area contributed by atoms with Crippen molar-refractivity contribution in [2.24, 2.45) is 0 Å². The number of hydrogen-bond donors (Lipinski definition) is 0. The number of rotatable bonds is 2. The van der Waals surface area contributed by atoms with Crippen molar-refractivity contribution in [3.63, 3.8) is 0 Å². The van der Waals surface area contributed by atoms with Crippen molar-refractivity contribution < 1.29 is 13.2 Å². The number of fused-ring (bicyclic) bond motifs is 1. The lowest BCUT2D eigenvalue weighted by molar-refractivity contribution is 0.414. The Hall–Kier alpha value is -1.56. The third-order valence-corrected chi connectivity index (χ3v) is 5.81. The highest BCUT2D eigenvalue weighted by molar-refractivity contribution is 7.91. The molecule has 0 amide bonds. The molecule has 1 unspecified atom stereocenters. The largest absolute Gasteiger partial charge is 0.497 e. The molecule has 6 heteroatoms. The summed E-state index contributed by atoms with van der Waals surface area (Å²) >= 11 is 0. The van der Waals surface area contributed by atoms with E-state index in [9.17, 15) is 8.42 Å². The van der Waals surface area contributed by atoms with Crippen LogP contribution in [0.3, 0.4) is 0 Å². The van der Waals surface area contributed by atoms with E-state index in [1.54, 1.807) is 13.3 Å². The van der Waals surface area contributed by atoms with E-state index in [4.69, 9.17) is 4.74 Å². The predicted molar refractivity (Wildman–Crippen MR) is 72.1 cm³/mol. The number of hydrogen-bond acceptors (Lipinski definition) is 4. The first-order valence-corrected chi connectivity index (χ1v) is 8.06. The van der Waals surface area contributed by atoms with Crippen molar-refractivity contribution in [2.75, 3.05) is 12.9 Å². The smallest absolute Gasteiger partial charge is 0.160 e. The van der Waals surface area contributed by atoms with Crippen LogP contribution in [0.5, 0.6) is 5.75 Å². The van der Waals surface area contributed by atoms with Gasteiger partial charge in [0.25, 0.3) is 0 Å². The van der Waals surface area contributed by atoms with E-state index < -0.39 is 15.1 Å². The summed E-state index contributed by atoms with van der Waals surface area (Å²) in [5.41, 5.74) is 0.857. The number of aromatic nitrogens is 2. The van der Waals surface area contributed by atoms with E-state index in [2.05, 4.69) is 4.98 Å². The second-order valence-corrected chi connectivity index (χ2v) is 7.13. The highest BCUT2D eigenvalue weighted by atomic mass is 32.2. The van der Waals surface area contributed by atoms with Crippen LogP contribution in [0, 0.1) is 0 Å². The summed E-state index contributed by atoms with van der Waals surface area (Å²) in [6.07, 6.45) is 5.88. The van der Waals surface area contributed by atoms with Crippen LogP contribution in [0.15, 0.2) is 24.5 Å². The van der Waals surface area contributed by atoms with Crippen molar-refractivity contribution in [1.29, 1.82) is 0 Å². The Morgan fingerprint density at radius 1 is 1.42 bits per heavy atom. The molecule has 0 spiro atoms. The van der Waals surface area contributed by atoms with E-state index in [0.29, 0.717) is 12.2 Å². The van der Waals surface area contributed by atoms with Crippen LogP contribution in [0.25, 0.3) is 5.52 Å². The molecule has 0 aliphatic carbocycles. The van der Waals surface area contributed by atoms with E-state index in [1.807, 2.05) is 22.7 Å². The number of ether oxygens (including phenoxy) is 1. The molecule has 102 valence electrons. The van der Waals surface area contributed by atoms with Gasteiger partial charge in [0.2, 0.25) is 0 Å². The van der Waals surface area contributed by atoms with Crippen molar-refractivity contribution in [2.45, 2.75) is 24.5 Å². The van der Waals surface area contributed by atoms with E-state index in [0.717, 1.165) is 24.1 Å². The highest BCUT2D eigenvalue weighted by Gasteiger charge is 2.33. The third kappa shape index (κ3) is 2.10. The molecule has 1 saturated heterocycles. The van der Waals surface area contributed by atoms with Crippen molar-refractivity contribution in [3.05, 3.63) is 30.4 Å². The van der Waals surface area contributed by atoms with Crippen LogP contribution in [0.2, 0.25) is 0 Å². The third-order valence-electron chi connectivity index (χ3n) is 3.63. The Labute approximate surface area is 112 Å². The molecule has 19 heavy (non-hydrogen) atoms. The number of methoxy groups -OCH3 is 1. The van der Waals surface area contributed by atoms with E-state index >= 15 is 0 Å². The fourth-order valence-corrected chi connectivity index (χ4v) is 4.52. The molecule has 1 aliphatic rings. The average molecular weight is 280 g/mol. The Morgan fingerprint density at radius 2 is 2.26 bits per heavy atom. The van der Waals surface area contributed by atoms with E-state index in [1.165, 1.54) is 0 Å². The van der Waals surface area contributed by atoms with Gasteiger partial charge in [0.1, 0.15) is 16.8 Å². The summed E-state index contributed by atoms with van der Waals surface area (Å²) in [6, 6.07) is 3.67. The van der Waals surface area contributed by atoms with Gasteiger partial charge >= 0.3 is 0 Å². The summed E-state index contributed by atoms with van der Waals surface area (Å²) in [4.78, 5) is 4.32. The van der Waals surface area contributed by atoms with Crippen molar-refractivity contribution >= 4 is 15.4 Å². The number of nitrogens with zero attached hydrogens (tertiary/aromatic N) is 2.